The van der Waals surface area contributed by atoms with Gasteiger partial charge in [-0.2, -0.15) is 0 Å². The quantitative estimate of drug-likeness (QED) is 0.806. The lowest BCUT2D eigenvalue weighted by Gasteiger charge is -2.18. The Balaban J connectivity index is 2.89. The Hall–Kier alpha value is -1.34. The molecule has 0 spiro atoms. The lowest BCUT2D eigenvalue weighted by atomic mass is 10.2. The maximum Gasteiger partial charge on any atom is 0.229 e. The molecule has 1 unspecified atom stereocenters. The van der Waals surface area contributed by atoms with E-state index in [1.54, 1.807) is 13.2 Å². The molecule has 7 heteroatoms. The Morgan fingerprint density at radius 1 is 1.42 bits per heavy atom. The van der Waals surface area contributed by atoms with Gasteiger partial charge in [0.15, 0.2) is 0 Å². The smallest absolute Gasteiger partial charge is 0.229 e. The number of benzene rings is 1. The van der Waals surface area contributed by atoms with E-state index in [2.05, 4.69) is 10.0 Å². The molecule has 1 aromatic carbocycles. The normalized spacial score (nSPS) is 13.1. The van der Waals surface area contributed by atoms with Crippen LogP contribution in [-0.2, 0) is 14.8 Å². The Morgan fingerprint density at radius 2 is 2.11 bits per heavy atom. The van der Waals surface area contributed by atoms with Gasteiger partial charge in [-0.3, -0.25) is 4.72 Å². The van der Waals surface area contributed by atoms with Crippen LogP contribution in [0, 0.1) is 5.82 Å². The highest BCUT2D eigenvalue weighted by atomic mass is 32.2. The highest BCUT2D eigenvalue weighted by Gasteiger charge is 2.10. The second-order valence-corrected chi connectivity index (χ2v) is 6.02. The zero-order chi connectivity index (χ0) is 14.5. The third kappa shape index (κ3) is 5.44. The summed E-state index contributed by atoms with van der Waals surface area (Å²) >= 11 is 0. The van der Waals surface area contributed by atoms with Crippen LogP contribution in [0.3, 0.4) is 0 Å². The molecule has 0 aliphatic carbocycles. The van der Waals surface area contributed by atoms with Gasteiger partial charge in [0.1, 0.15) is 5.82 Å². The van der Waals surface area contributed by atoms with Crippen molar-refractivity contribution in [2.24, 2.45) is 0 Å². The molecule has 1 rings (SSSR count). The van der Waals surface area contributed by atoms with Gasteiger partial charge in [-0.25, -0.2) is 12.8 Å². The first kappa shape index (κ1) is 15.7. The zero-order valence-electron chi connectivity index (χ0n) is 11.2. The minimum absolute atomic E-state index is 0.0697. The Kier molecular flexibility index (Phi) is 5.56. The lowest BCUT2D eigenvalue weighted by Crippen LogP contribution is -2.24. The first-order valence-corrected chi connectivity index (χ1v) is 7.77. The fourth-order valence-electron chi connectivity index (χ4n) is 1.59. The van der Waals surface area contributed by atoms with Crippen molar-refractivity contribution in [1.29, 1.82) is 0 Å². The monoisotopic (exact) mass is 290 g/mol. The van der Waals surface area contributed by atoms with E-state index in [1.165, 1.54) is 12.1 Å². The average molecular weight is 290 g/mol. The maximum absolute atomic E-state index is 13.5. The van der Waals surface area contributed by atoms with Crippen LogP contribution in [-0.4, -0.2) is 34.4 Å². The molecule has 0 aromatic heterocycles. The third-order valence-electron chi connectivity index (χ3n) is 2.49. The molecule has 1 atom stereocenters. The number of sulfonamides is 1. The molecule has 0 saturated carbocycles. The van der Waals surface area contributed by atoms with E-state index in [9.17, 15) is 12.8 Å². The van der Waals surface area contributed by atoms with Crippen molar-refractivity contribution in [2.75, 3.05) is 30.0 Å². The van der Waals surface area contributed by atoms with Crippen LogP contribution in [0.4, 0.5) is 15.8 Å². The van der Waals surface area contributed by atoms with E-state index in [4.69, 9.17) is 4.74 Å². The fraction of sp³-hybridized carbons (Fsp3) is 0.500. The summed E-state index contributed by atoms with van der Waals surface area (Å²) in [5, 5.41) is 3.16. The molecule has 19 heavy (non-hydrogen) atoms. The van der Waals surface area contributed by atoms with Gasteiger partial charge in [-0.05, 0) is 24.6 Å². The largest absolute Gasteiger partial charge is 0.383 e. The number of ether oxygens (including phenoxy) is 1. The summed E-state index contributed by atoms with van der Waals surface area (Å²) in [6.45, 7) is 2.51. The van der Waals surface area contributed by atoms with E-state index < -0.39 is 15.8 Å². The maximum atomic E-state index is 13.5. The molecule has 0 bridgehead atoms. The summed E-state index contributed by atoms with van der Waals surface area (Å²) in [6, 6.07) is 4.28. The second kappa shape index (κ2) is 6.72. The molecule has 1 aromatic rings. The number of halogens is 1. The molecule has 0 aliphatic rings. The minimum Gasteiger partial charge on any atom is -0.383 e. The molecule has 0 aliphatic heterocycles. The van der Waals surface area contributed by atoms with Crippen molar-refractivity contribution in [2.45, 2.75) is 19.4 Å². The van der Waals surface area contributed by atoms with Crippen molar-refractivity contribution < 1.29 is 17.5 Å². The molecule has 0 saturated heterocycles. The van der Waals surface area contributed by atoms with Gasteiger partial charge < -0.3 is 10.1 Å². The SMILES string of the molecule is CCC(COC)Nc1ccc(F)c(NS(C)(=O)=O)c1. The predicted octanol–water partition coefficient (Wildman–Crippen LogP) is 2.03. The first-order chi connectivity index (χ1) is 8.85. The number of rotatable bonds is 7. The molecular formula is C12H19FN2O3S. The molecule has 0 fully saturated rings. The first-order valence-electron chi connectivity index (χ1n) is 5.88. The Bertz CT molecular complexity index is 520. The van der Waals surface area contributed by atoms with Gasteiger partial charge in [-0.1, -0.05) is 6.92 Å². The lowest BCUT2D eigenvalue weighted by molar-refractivity contribution is 0.184. The summed E-state index contributed by atoms with van der Waals surface area (Å²) in [7, 11) is -1.90. The fourth-order valence-corrected chi connectivity index (χ4v) is 2.15. The zero-order valence-corrected chi connectivity index (χ0v) is 12.1. The summed E-state index contributed by atoms with van der Waals surface area (Å²) in [6.07, 6.45) is 1.81. The summed E-state index contributed by atoms with van der Waals surface area (Å²) in [5.74, 6) is -0.615. The molecule has 2 N–H and O–H groups in total. The van der Waals surface area contributed by atoms with Crippen LogP contribution >= 0.6 is 0 Å². The number of nitrogens with one attached hydrogen (secondary N) is 2. The summed E-state index contributed by atoms with van der Waals surface area (Å²) in [5.41, 5.74) is 0.566. The average Bonchev–Trinajstić information content (AvgIpc) is 2.31. The van der Waals surface area contributed by atoms with Crippen molar-refractivity contribution in [3.05, 3.63) is 24.0 Å². The van der Waals surface area contributed by atoms with Gasteiger partial charge in [0.05, 0.1) is 18.6 Å². The third-order valence-corrected chi connectivity index (χ3v) is 3.08. The second-order valence-electron chi connectivity index (χ2n) is 4.27. The van der Waals surface area contributed by atoms with Crippen LogP contribution < -0.4 is 10.0 Å². The van der Waals surface area contributed by atoms with E-state index in [0.29, 0.717) is 12.3 Å². The van der Waals surface area contributed by atoms with E-state index in [-0.39, 0.29) is 11.7 Å². The molecule has 5 nitrogen and oxygen atoms in total. The predicted molar refractivity (Wildman–Crippen MR) is 74.4 cm³/mol. The number of anilines is 2. The number of hydrogen-bond donors (Lipinski definition) is 2. The molecular weight excluding hydrogens is 271 g/mol. The Morgan fingerprint density at radius 3 is 2.63 bits per heavy atom. The van der Waals surface area contributed by atoms with Crippen LogP contribution in [0.5, 0.6) is 0 Å². The number of methoxy groups -OCH3 is 1. The molecule has 0 radical (unpaired) electrons. The van der Waals surface area contributed by atoms with Gasteiger partial charge >= 0.3 is 0 Å². The molecule has 0 amide bonds. The van der Waals surface area contributed by atoms with Gasteiger partial charge in [0.2, 0.25) is 10.0 Å². The van der Waals surface area contributed by atoms with Crippen molar-refractivity contribution in [3.8, 4) is 0 Å². The van der Waals surface area contributed by atoms with E-state index >= 15 is 0 Å². The molecule has 108 valence electrons. The van der Waals surface area contributed by atoms with Crippen molar-refractivity contribution in [1.82, 2.24) is 0 Å². The van der Waals surface area contributed by atoms with Gasteiger partial charge in [0.25, 0.3) is 0 Å². The topological polar surface area (TPSA) is 67.4 Å². The van der Waals surface area contributed by atoms with Crippen LogP contribution in [0.1, 0.15) is 13.3 Å². The van der Waals surface area contributed by atoms with Crippen molar-refractivity contribution >= 4 is 21.4 Å². The standard InChI is InChI=1S/C12H19FN2O3S/c1-4-9(8-18-2)14-10-5-6-11(13)12(7-10)15-19(3,16)17/h5-7,9,14-15H,4,8H2,1-3H3. The van der Waals surface area contributed by atoms with Gasteiger partial charge in [0, 0.05) is 18.8 Å². The van der Waals surface area contributed by atoms with Crippen LogP contribution in [0.15, 0.2) is 18.2 Å². The van der Waals surface area contributed by atoms with Crippen molar-refractivity contribution in [3.63, 3.8) is 0 Å². The van der Waals surface area contributed by atoms with E-state index in [0.717, 1.165) is 12.7 Å². The summed E-state index contributed by atoms with van der Waals surface area (Å²) < 4.78 is 42.9. The summed E-state index contributed by atoms with van der Waals surface area (Å²) in [4.78, 5) is 0. The van der Waals surface area contributed by atoms with E-state index in [1.807, 2.05) is 6.92 Å². The number of hydrogen-bond acceptors (Lipinski definition) is 4. The van der Waals surface area contributed by atoms with Crippen LogP contribution in [0.25, 0.3) is 0 Å². The van der Waals surface area contributed by atoms with Gasteiger partial charge in [-0.15, -0.1) is 0 Å². The molecule has 0 heterocycles. The minimum atomic E-state index is -3.50. The Labute approximate surface area is 113 Å². The highest BCUT2D eigenvalue weighted by molar-refractivity contribution is 7.92. The highest BCUT2D eigenvalue weighted by Crippen LogP contribution is 2.21. The van der Waals surface area contributed by atoms with Crippen LogP contribution in [0.2, 0.25) is 0 Å².